The van der Waals surface area contributed by atoms with Crippen LogP contribution in [0, 0.1) is 0 Å². The van der Waals surface area contributed by atoms with E-state index in [-0.39, 0.29) is 28.7 Å². The molecule has 0 spiro atoms. The van der Waals surface area contributed by atoms with Gasteiger partial charge in [0.25, 0.3) is 5.91 Å². The number of aliphatic imine (C=N–C) groups is 1. The van der Waals surface area contributed by atoms with E-state index < -0.39 is 9.84 Å². The minimum absolute atomic E-state index is 0.00164. The maximum absolute atomic E-state index is 13.0. The van der Waals surface area contributed by atoms with Gasteiger partial charge < -0.3 is 15.1 Å². The monoisotopic (exact) mass is 456 g/mol. The van der Waals surface area contributed by atoms with Crippen molar-refractivity contribution >= 4 is 44.0 Å². The van der Waals surface area contributed by atoms with E-state index in [9.17, 15) is 13.2 Å². The summed E-state index contributed by atoms with van der Waals surface area (Å²) in [7, 11) is -2.96. The van der Waals surface area contributed by atoms with E-state index in [1.54, 1.807) is 0 Å². The Labute approximate surface area is 186 Å². The highest BCUT2D eigenvalue weighted by Gasteiger charge is 2.42. The summed E-state index contributed by atoms with van der Waals surface area (Å²) in [5, 5.41) is 3.99. The van der Waals surface area contributed by atoms with Gasteiger partial charge in [-0.25, -0.2) is 8.42 Å². The van der Waals surface area contributed by atoms with Crippen LogP contribution in [-0.2, 0) is 9.84 Å². The molecule has 1 amide bonds. The summed E-state index contributed by atoms with van der Waals surface area (Å²) in [5.74, 6) is 0.341. The second-order valence-electron chi connectivity index (χ2n) is 8.06. The number of nitrogens with one attached hydrogen (secondary N) is 1. The molecular weight excluding hydrogens is 432 g/mol. The Balaban J connectivity index is 1.21. The second kappa shape index (κ2) is 8.20. The SMILES string of the molecule is O=C(c1cccc(NC2=N[C@H]3CS(=O)(=O)C[C@@H]3S2)c1)N1CCN(c2ccccc2)CC1. The van der Waals surface area contributed by atoms with Crippen LogP contribution in [0.5, 0.6) is 0 Å². The fraction of sp³-hybridized carbons (Fsp3) is 0.364. The third kappa shape index (κ3) is 4.43. The number of rotatable bonds is 3. The number of fused-ring (bicyclic) bond motifs is 1. The number of thioether (sulfide) groups is 1. The number of piperazine rings is 1. The zero-order valence-electron chi connectivity index (χ0n) is 17.0. The van der Waals surface area contributed by atoms with Crippen LogP contribution in [0.15, 0.2) is 59.6 Å². The van der Waals surface area contributed by atoms with Crippen molar-refractivity contribution in [2.75, 3.05) is 47.9 Å². The molecule has 9 heteroatoms. The predicted octanol–water partition coefficient (Wildman–Crippen LogP) is 2.33. The van der Waals surface area contributed by atoms with E-state index >= 15 is 0 Å². The Morgan fingerprint density at radius 1 is 1.00 bits per heavy atom. The number of para-hydroxylation sites is 1. The maximum atomic E-state index is 13.0. The van der Waals surface area contributed by atoms with Crippen LogP contribution in [-0.4, -0.2) is 73.4 Å². The average molecular weight is 457 g/mol. The summed E-state index contributed by atoms with van der Waals surface area (Å²) < 4.78 is 23.5. The van der Waals surface area contributed by atoms with Gasteiger partial charge in [0.15, 0.2) is 15.0 Å². The molecule has 3 aliphatic rings. The number of sulfone groups is 1. The maximum Gasteiger partial charge on any atom is 0.254 e. The molecule has 7 nitrogen and oxygen atoms in total. The molecule has 162 valence electrons. The summed E-state index contributed by atoms with van der Waals surface area (Å²) in [6, 6.07) is 17.5. The number of benzene rings is 2. The highest BCUT2D eigenvalue weighted by Crippen LogP contribution is 2.34. The zero-order valence-corrected chi connectivity index (χ0v) is 18.6. The van der Waals surface area contributed by atoms with Crippen molar-refractivity contribution in [2.24, 2.45) is 4.99 Å². The third-order valence-electron chi connectivity index (χ3n) is 5.87. The molecule has 2 atom stereocenters. The molecule has 0 radical (unpaired) electrons. The predicted molar refractivity (Wildman–Crippen MR) is 126 cm³/mol. The van der Waals surface area contributed by atoms with Gasteiger partial charge in [0.05, 0.1) is 17.5 Å². The molecule has 31 heavy (non-hydrogen) atoms. The molecule has 0 aliphatic carbocycles. The summed E-state index contributed by atoms with van der Waals surface area (Å²) in [6.45, 7) is 3.00. The van der Waals surface area contributed by atoms with E-state index in [0.717, 1.165) is 23.9 Å². The van der Waals surface area contributed by atoms with Gasteiger partial charge >= 0.3 is 0 Å². The number of hydrogen-bond donors (Lipinski definition) is 1. The quantitative estimate of drug-likeness (QED) is 0.764. The highest BCUT2D eigenvalue weighted by atomic mass is 32.2. The fourth-order valence-corrected chi connectivity index (χ4v) is 7.93. The zero-order chi connectivity index (χ0) is 21.4. The van der Waals surface area contributed by atoms with Gasteiger partial charge in [0, 0.05) is 48.4 Å². The van der Waals surface area contributed by atoms with E-state index in [4.69, 9.17) is 0 Å². The van der Waals surface area contributed by atoms with Crippen LogP contribution < -0.4 is 10.2 Å². The van der Waals surface area contributed by atoms with Crippen LogP contribution in [0.4, 0.5) is 11.4 Å². The Kier molecular flexibility index (Phi) is 5.39. The van der Waals surface area contributed by atoms with Gasteiger partial charge in [0.1, 0.15) is 0 Å². The van der Waals surface area contributed by atoms with Crippen molar-refractivity contribution in [1.82, 2.24) is 4.90 Å². The van der Waals surface area contributed by atoms with Crippen molar-refractivity contribution in [3.8, 4) is 0 Å². The number of anilines is 2. The van der Waals surface area contributed by atoms with E-state index in [2.05, 4.69) is 27.3 Å². The van der Waals surface area contributed by atoms with Gasteiger partial charge in [-0.3, -0.25) is 9.79 Å². The lowest BCUT2D eigenvalue weighted by atomic mass is 10.1. The lowest BCUT2D eigenvalue weighted by Gasteiger charge is -2.36. The molecule has 3 heterocycles. The minimum atomic E-state index is -2.96. The number of carbonyl (C=O) groups is 1. The average Bonchev–Trinajstić information content (AvgIpc) is 3.26. The van der Waals surface area contributed by atoms with Crippen molar-refractivity contribution in [1.29, 1.82) is 0 Å². The smallest absolute Gasteiger partial charge is 0.254 e. The second-order valence-corrected chi connectivity index (χ2v) is 11.4. The molecule has 3 aliphatic heterocycles. The normalized spacial score (nSPS) is 24.6. The van der Waals surface area contributed by atoms with Crippen LogP contribution in [0.1, 0.15) is 10.4 Å². The first-order valence-electron chi connectivity index (χ1n) is 10.4. The van der Waals surface area contributed by atoms with Gasteiger partial charge in [-0.1, -0.05) is 36.0 Å². The van der Waals surface area contributed by atoms with Crippen LogP contribution in [0.25, 0.3) is 0 Å². The molecule has 0 bridgehead atoms. The van der Waals surface area contributed by atoms with E-state index in [1.807, 2.05) is 47.4 Å². The summed E-state index contributed by atoms with van der Waals surface area (Å²) in [5.41, 5.74) is 2.63. The van der Waals surface area contributed by atoms with Gasteiger partial charge in [0.2, 0.25) is 0 Å². The molecule has 2 aromatic rings. The lowest BCUT2D eigenvalue weighted by molar-refractivity contribution is 0.0747. The first-order chi connectivity index (χ1) is 15.0. The summed E-state index contributed by atoms with van der Waals surface area (Å²) in [6.07, 6.45) is 0. The number of hydrogen-bond acceptors (Lipinski definition) is 7. The number of amides is 1. The molecule has 5 rings (SSSR count). The Morgan fingerprint density at radius 3 is 2.52 bits per heavy atom. The Hall–Kier alpha value is -2.52. The van der Waals surface area contributed by atoms with Crippen molar-refractivity contribution in [2.45, 2.75) is 11.3 Å². The van der Waals surface area contributed by atoms with Gasteiger partial charge in [-0.2, -0.15) is 0 Å². The van der Waals surface area contributed by atoms with E-state index in [1.165, 1.54) is 17.4 Å². The third-order valence-corrected chi connectivity index (χ3v) is 9.01. The Morgan fingerprint density at radius 2 is 1.77 bits per heavy atom. The summed E-state index contributed by atoms with van der Waals surface area (Å²) >= 11 is 1.48. The molecule has 1 N–H and O–H groups in total. The number of nitrogens with zero attached hydrogens (tertiary/aromatic N) is 3. The molecule has 0 unspecified atom stereocenters. The van der Waals surface area contributed by atoms with Gasteiger partial charge in [-0.05, 0) is 30.3 Å². The molecule has 2 saturated heterocycles. The minimum Gasteiger partial charge on any atom is -0.368 e. The number of carbonyl (C=O) groups excluding carboxylic acids is 1. The Bertz CT molecular complexity index is 1110. The van der Waals surface area contributed by atoms with Crippen LogP contribution in [0.3, 0.4) is 0 Å². The number of amidine groups is 1. The topological polar surface area (TPSA) is 82.1 Å². The molecular formula is C22H24N4O3S2. The van der Waals surface area contributed by atoms with Crippen LogP contribution >= 0.6 is 11.8 Å². The lowest BCUT2D eigenvalue weighted by Crippen LogP contribution is -2.48. The first kappa shape index (κ1) is 20.4. The highest BCUT2D eigenvalue weighted by molar-refractivity contribution is 8.15. The largest absolute Gasteiger partial charge is 0.368 e. The van der Waals surface area contributed by atoms with E-state index in [0.29, 0.717) is 18.7 Å². The first-order valence-corrected chi connectivity index (χ1v) is 13.1. The van der Waals surface area contributed by atoms with Gasteiger partial charge in [-0.15, -0.1) is 0 Å². The van der Waals surface area contributed by atoms with Crippen molar-refractivity contribution < 1.29 is 13.2 Å². The van der Waals surface area contributed by atoms with Crippen LogP contribution in [0.2, 0.25) is 0 Å². The molecule has 0 aromatic heterocycles. The molecule has 0 saturated carbocycles. The van der Waals surface area contributed by atoms with Crippen molar-refractivity contribution in [3.05, 3.63) is 60.2 Å². The molecule has 2 fully saturated rings. The van der Waals surface area contributed by atoms with Crippen molar-refractivity contribution in [3.63, 3.8) is 0 Å². The fourth-order valence-electron chi connectivity index (χ4n) is 4.26. The summed E-state index contributed by atoms with van der Waals surface area (Å²) in [4.78, 5) is 21.8. The molecule has 2 aromatic carbocycles. The standard InChI is InChI=1S/C22H24N4O3S2/c27-21(26-11-9-25(10-12-26)18-7-2-1-3-8-18)16-5-4-6-17(13-16)23-22-24-19-14-31(28,29)15-20(19)30-22/h1-8,13,19-20H,9-12,14-15H2,(H,23,24)/t19-,20-/m0/s1.